The van der Waals surface area contributed by atoms with E-state index in [1.54, 1.807) is 33.7 Å². The van der Waals surface area contributed by atoms with E-state index in [1.165, 1.54) is 17.7 Å². The van der Waals surface area contributed by atoms with E-state index in [1.807, 2.05) is 30.0 Å². The summed E-state index contributed by atoms with van der Waals surface area (Å²) in [6.45, 7) is 6.98. The first-order valence-electron chi connectivity index (χ1n) is 13.0. The molecule has 0 saturated carbocycles. The first-order valence-corrected chi connectivity index (χ1v) is 13.4. The van der Waals surface area contributed by atoms with E-state index in [4.69, 9.17) is 16.6 Å². The second-order valence-electron chi connectivity index (χ2n) is 10.0. The summed E-state index contributed by atoms with van der Waals surface area (Å²) in [5, 5.41) is 0.875. The molecule has 4 aromatic rings. The SMILES string of the molecule is C=CC(=O)N1CCN(c2nc(=O)n(C3CCc4ccccc43)c3nc(-c4ccccc4F)c(Cl)cc23)[C@@H](C)C1. The zero-order chi connectivity index (χ0) is 27.3. The minimum atomic E-state index is -0.447. The monoisotopic (exact) mass is 543 g/mol. The zero-order valence-corrected chi connectivity index (χ0v) is 22.2. The number of aryl methyl sites for hydroxylation is 1. The number of hydrogen-bond acceptors (Lipinski definition) is 5. The highest BCUT2D eigenvalue weighted by Gasteiger charge is 2.32. The molecular weight excluding hydrogens is 517 g/mol. The van der Waals surface area contributed by atoms with Crippen molar-refractivity contribution in [3.63, 3.8) is 0 Å². The second-order valence-corrected chi connectivity index (χ2v) is 10.4. The fraction of sp³-hybridized carbons (Fsp3) is 0.267. The van der Waals surface area contributed by atoms with E-state index < -0.39 is 11.5 Å². The Morgan fingerprint density at radius 2 is 1.90 bits per heavy atom. The number of halogens is 2. The van der Waals surface area contributed by atoms with Crippen LogP contribution in [0.15, 0.2) is 72.0 Å². The largest absolute Gasteiger partial charge is 0.351 e. The van der Waals surface area contributed by atoms with E-state index in [2.05, 4.69) is 17.6 Å². The zero-order valence-electron chi connectivity index (χ0n) is 21.5. The summed E-state index contributed by atoms with van der Waals surface area (Å²) in [7, 11) is 0. The number of anilines is 1. The van der Waals surface area contributed by atoms with Crippen molar-refractivity contribution < 1.29 is 9.18 Å². The van der Waals surface area contributed by atoms with Crippen molar-refractivity contribution >= 4 is 34.4 Å². The van der Waals surface area contributed by atoms with Crippen LogP contribution in [0.3, 0.4) is 0 Å². The summed E-state index contributed by atoms with van der Waals surface area (Å²) < 4.78 is 16.5. The van der Waals surface area contributed by atoms with Gasteiger partial charge in [-0.3, -0.25) is 9.36 Å². The third-order valence-corrected chi connectivity index (χ3v) is 8.05. The number of carbonyl (C=O) groups excluding carboxylic acids is 1. The summed E-state index contributed by atoms with van der Waals surface area (Å²) in [5.74, 6) is -0.114. The number of piperazine rings is 1. The number of benzene rings is 2. The normalized spacial score (nSPS) is 18.8. The highest BCUT2D eigenvalue weighted by molar-refractivity contribution is 6.33. The lowest BCUT2D eigenvalue weighted by Crippen LogP contribution is -2.54. The number of pyridine rings is 1. The number of hydrogen-bond donors (Lipinski definition) is 0. The molecule has 0 spiro atoms. The molecule has 6 rings (SSSR count). The Kier molecular flexibility index (Phi) is 6.43. The molecule has 1 fully saturated rings. The Morgan fingerprint density at radius 1 is 1.13 bits per heavy atom. The molecular formula is C30H27ClFN5O2. The maximum atomic E-state index is 14.9. The first-order chi connectivity index (χ1) is 18.9. The van der Waals surface area contributed by atoms with Crippen molar-refractivity contribution in [2.24, 2.45) is 0 Å². The second kappa shape index (κ2) is 9.93. The van der Waals surface area contributed by atoms with Crippen LogP contribution >= 0.6 is 11.6 Å². The van der Waals surface area contributed by atoms with Gasteiger partial charge < -0.3 is 9.80 Å². The molecule has 2 aromatic heterocycles. The Labute approximate surface area is 230 Å². The molecule has 2 aromatic carbocycles. The van der Waals surface area contributed by atoms with Gasteiger partial charge in [-0.05, 0) is 55.2 Å². The Bertz CT molecular complexity index is 1690. The molecule has 2 atom stereocenters. The quantitative estimate of drug-likeness (QED) is 0.338. The van der Waals surface area contributed by atoms with E-state index in [0.29, 0.717) is 36.5 Å². The number of nitrogens with zero attached hydrogens (tertiary/aromatic N) is 5. The lowest BCUT2D eigenvalue weighted by molar-refractivity contribution is -0.126. The third-order valence-electron chi connectivity index (χ3n) is 7.76. The fourth-order valence-corrected chi connectivity index (χ4v) is 6.12. The van der Waals surface area contributed by atoms with Gasteiger partial charge in [-0.25, -0.2) is 14.2 Å². The van der Waals surface area contributed by atoms with Gasteiger partial charge in [0, 0.05) is 31.2 Å². The van der Waals surface area contributed by atoms with Crippen molar-refractivity contribution in [1.29, 1.82) is 0 Å². The van der Waals surface area contributed by atoms with Gasteiger partial charge in [0.25, 0.3) is 0 Å². The maximum Gasteiger partial charge on any atom is 0.351 e. The summed E-state index contributed by atoms with van der Waals surface area (Å²) in [6, 6.07) is 15.8. The molecule has 1 aliphatic carbocycles. The third kappa shape index (κ3) is 4.29. The standard InChI is InChI=1S/C30H27ClFN5O2/c1-3-26(38)35-14-15-36(18(2)17-35)28-22-16-23(31)27(21-10-6-7-11-24(21)32)33-29(22)37(30(39)34-28)25-13-12-19-8-4-5-9-20(19)25/h3-11,16,18,25H,1,12-15,17H2,2H3/t18-,25?/m0/s1. The van der Waals surface area contributed by atoms with Crippen LogP contribution in [0.1, 0.15) is 30.5 Å². The number of fused-ring (bicyclic) bond motifs is 2. The van der Waals surface area contributed by atoms with E-state index in [9.17, 15) is 14.0 Å². The molecule has 1 unspecified atom stereocenters. The minimum absolute atomic E-state index is 0.120. The van der Waals surface area contributed by atoms with Gasteiger partial charge in [0.1, 0.15) is 17.3 Å². The number of rotatable bonds is 4. The first kappa shape index (κ1) is 25.2. The van der Waals surface area contributed by atoms with Gasteiger partial charge in [0.2, 0.25) is 5.91 Å². The van der Waals surface area contributed by atoms with Crippen LogP contribution in [0.25, 0.3) is 22.3 Å². The van der Waals surface area contributed by atoms with Gasteiger partial charge in [0.05, 0.1) is 22.1 Å². The van der Waals surface area contributed by atoms with Crippen molar-refractivity contribution in [3.05, 3.63) is 99.7 Å². The van der Waals surface area contributed by atoms with Crippen LogP contribution in [-0.2, 0) is 11.2 Å². The van der Waals surface area contributed by atoms with Gasteiger partial charge in [-0.2, -0.15) is 4.98 Å². The van der Waals surface area contributed by atoms with Gasteiger partial charge >= 0.3 is 5.69 Å². The maximum absolute atomic E-state index is 14.9. The molecule has 198 valence electrons. The fourth-order valence-electron chi connectivity index (χ4n) is 5.87. The molecule has 1 amide bonds. The van der Waals surface area contributed by atoms with Crippen molar-refractivity contribution in [1.82, 2.24) is 19.4 Å². The lowest BCUT2D eigenvalue weighted by atomic mass is 10.1. The molecule has 1 saturated heterocycles. The molecule has 0 N–H and O–H groups in total. The molecule has 7 nitrogen and oxygen atoms in total. The van der Waals surface area contributed by atoms with Crippen LogP contribution < -0.4 is 10.6 Å². The molecule has 39 heavy (non-hydrogen) atoms. The number of carbonyl (C=O) groups is 1. The van der Waals surface area contributed by atoms with Gasteiger partial charge in [-0.15, -0.1) is 0 Å². The van der Waals surface area contributed by atoms with E-state index >= 15 is 0 Å². The van der Waals surface area contributed by atoms with E-state index in [-0.39, 0.29) is 34.3 Å². The summed E-state index contributed by atoms with van der Waals surface area (Å²) in [4.78, 5) is 39.2. The highest BCUT2D eigenvalue weighted by Crippen LogP contribution is 2.38. The molecule has 3 heterocycles. The van der Waals surface area contributed by atoms with Crippen LogP contribution in [0, 0.1) is 5.82 Å². The Morgan fingerprint density at radius 3 is 2.67 bits per heavy atom. The number of amides is 1. The predicted octanol–water partition coefficient (Wildman–Crippen LogP) is 5.01. The van der Waals surface area contributed by atoms with Crippen LogP contribution in [0.4, 0.5) is 10.2 Å². The summed E-state index contributed by atoms with van der Waals surface area (Å²) >= 11 is 6.75. The van der Waals surface area contributed by atoms with Crippen LogP contribution in [0.2, 0.25) is 5.02 Å². The van der Waals surface area contributed by atoms with Crippen molar-refractivity contribution in [3.8, 4) is 11.3 Å². The smallest absolute Gasteiger partial charge is 0.350 e. The van der Waals surface area contributed by atoms with E-state index in [0.717, 1.165) is 18.4 Å². The molecule has 0 radical (unpaired) electrons. The highest BCUT2D eigenvalue weighted by atomic mass is 35.5. The van der Waals surface area contributed by atoms with Gasteiger partial charge in [-0.1, -0.05) is 54.6 Å². The van der Waals surface area contributed by atoms with Crippen molar-refractivity contribution in [2.75, 3.05) is 24.5 Å². The molecule has 9 heteroatoms. The van der Waals surface area contributed by atoms with Crippen LogP contribution in [-0.4, -0.2) is 51.0 Å². The van der Waals surface area contributed by atoms with Crippen molar-refractivity contribution in [2.45, 2.75) is 31.8 Å². The topological polar surface area (TPSA) is 71.3 Å². The molecule has 1 aliphatic heterocycles. The average Bonchev–Trinajstić information content (AvgIpc) is 3.36. The van der Waals surface area contributed by atoms with Crippen LogP contribution in [0.5, 0.6) is 0 Å². The van der Waals surface area contributed by atoms with Gasteiger partial charge in [0.15, 0.2) is 0 Å². The lowest BCUT2D eigenvalue weighted by Gasteiger charge is -2.40. The minimum Gasteiger partial charge on any atom is -0.350 e. The Balaban J connectivity index is 1.57. The average molecular weight is 544 g/mol. The Hall–Kier alpha value is -4.04. The molecule has 0 bridgehead atoms. The summed E-state index contributed by atoms with van der Waals surface area (Å²) in [5.41, 5.74) is 2.76. The number of aromatic nitrogens is 3. The summed E-state index contributed by atoms with van der Waals surface area (Å²) in [6.07, 6.45) is 2.87. The molecule has 2 aliphatic rings. The predicted molar refractivity (Wildman–Crippen MR) is 151 cm³/mol.